The van der Waals surface area contributed by atoms with E-state index >= 15 is 0 Å². The highest BCUT2D eigenvalue weighted by atomic mass is 32.1. The lowest BCUT2D eigenvalue weighted by molar-refractivity contribution is -0.116. The molecule has 3 rings (SSSR count). The van der Waals surface area contributed by atoms with Crippen molar-refractivity contribution < 1.29 is 14.3 Å². The number of nitrogens with zero attached hydrogens (tertiary/aromatic N) is 3. The topological polar surface area (TPSA) is 96.4 Å². The average Bonchev–Trinajstić information content (AvgIpc) is 3.27. The minimum atomic E-state index is -0.240. The normalized spacial score (nSPS) is 10.5. The summed E-state index contributed by atoms with van der Waals surface area (Å²) < 4.78 is 5.09. The number of anilines is 1. The van der Waals surface area contributed by atoms with Crippen molar-refractivity contribution in [1.29, 1.82) is 0 Å². The van der Waals surface area contributed by atoms with Gasteiger partial charge in [0, 0.05) is 38.7 Å². The molecule has 162 valence electrons. The van der Waals surface area contributed by atoms with Gasteiger partial charge in [-0.15, -0.1) is 10.2 Å². The van der Waals surface area contributed by atoms with Crippen LogP contribution in [-0.4, -0.2) is 53.8 Å². The second-order valence-electron chi connectivity index (χ2n) is 6.70. The summed E-state index contributed by atoms with van der Waals surface area (Å²) in [6, 6.07) is 19.1. The van der Waals surface area contributed by atoms with E-state index in [1.807, 2.05) is 60.7 Å². The van der Waals surface area contributed by atoms with E-state index in [0.29, 0.717) is 24.8 Å². The van der Waals surface area contributed by atoms with Crippen LogP contribution in [-0.2, 0) is 16.1 Å². The number of ether oxygens (including phenoxy) is 1. The zero-order chi connectivity index (χ0) is 21.9. The van der Waals surface area contributed by atoms with E-state index in [-0.39, 0.29) is 24.9 Å². The Balaban J connectivity index is 1.50. The molecule has 1 aromatic heterocycles. The number of urea groups is 1. The van der Waals surface area contributed by atoms with E-state index < -0.39 is 0 Å². The zero-order valence-corrected chi connectivity index (χ0v) is 18.1. The van der Waals surface area contributed by atoms with Crippen LogP contribution in [0.2, 0.25) is 0 Å². The maximum Gasteiger partial charge on any atom is 0.317 e. The number of benzene rings is 2. The van der Waals surface area contributed by atoms with Crippen LogP contribution in [0.4, 0.5) is 9.93 Å². The van der Waals surface area contributed by atoms with Crippen molar-refractivity contribution in [1.82, 2.24) is 20.4 Å². The molecular formula is C22H25N5O3S. The lowest BCUT2D eigenvalue weighted by Crippen LogP contribution is -2.42. The van der Waals surface area contributed by atoms with E-state index in [9.17, 15) is 9.59 Å². The van der Waals surface area contributed by atoms with Gasteiger partial charge in [0.15, 0.2) is 0 Å². The predicted molar refractivity (Wildman–Crippen MR) is 121 cm³/mol. The van der Waals surface area contributed by atoms with Crippen LogP contribution >= 0.6 is 11.3 Å². The Morgan fingerprint density at radius 2 is 1.71 bits per heavy atom. The van der Waals surface area contributed by atoms with E-state index in [1.54, 1.807) is 12.0 Å². The highest BCUT2D eigenvalue weighted by Crippen LogP contribution is 2.25. The van der Waals surface area contributed by atoms with E-state index in [0.717, 1.165) is 16.1 Å². The molecule has 0 aliphatic rings. The molecule has 8 nitrogen and oxygen atoms in total. The van der Waals surface area contributed by atoms with Gasteiger partial charge in [0.05, 0.1) is 6.61 Å². The first-order valence-electron chi connectivity index (χ1n) is 9.90. The molecular weight excluding hydrogens is 414 g/mol. The second-order valence-corrected chi connectivity index (χ2v) is 7.68. The van der Waals surface area contributed by atoms with Crippen molar-refractivity contribution in [2.75, 3.05) is 32.1 Å². The number of hydrogen-bond donors (Lipinski definition) is 2. The zero-order valence-electron chi connectivity index (χ0n) is 17.3. The molecule has 0 atom stereocenters. The van der Waals surface area contributed by atoms with Crippen molar-refractivity contribution in [2.24, 2.45) is 0 Å². The summed E-state index contributed by atoms with van der Waals surface area (Å²) in [5.74, 6) is -0.228. The van der Waals surface area contributed by atoms with Crippen molar-refractivity contribution in [3.63, 3.8) is 0 Å². The van der Waals surface area contributed by atoms with Gasteiger partial charge in [-0.2, -0.15) is 0 Å². The molecule has 9 heteroatoms. The van der Waals surface area contributed by atoms with Gasteiger partial charge in [0.25, 0.3) is 0 Å². The summed E-state index contributed by atoms with van der Waals surface area (Å²) >= 11 is 1.31. The number of rotatable bonds is 10. The molecule has 0 saturated carbocycles. The van der Waals surface area contributed by atoms with Gasteiger partial charge in [0.1, 0.15) is 5.01 Å². The second kappa shape index (κ2) is 11.8. The van der Waals surface area contributed by atoms with Crippen LogP contribution in [0.15, 0.2) is 60.7 Å². The molecule has 2 aromatic carbocycles. The van der Waals surface area contributed by atoms with Crippen LogP contribution < -0.4 is 10.6 Å². The molecule has 0 radical (unpaired) electrons. The summed E-state index contributed by atoms with van der Waals surface area (Å²) in [7, 11) is 1.58. The molecule has 0 saturated heterocycles. The van der Waals surface area contributed by atoms with Gasteiger partial charge in [-0.1, -0.05) is 72.0 Å². The molecule has 31 heavy (non-hydrogen) atoms. The number of methoxy groups -OCH3 is 1. The van der Waals surface area contributed by atoms with E-state index in [4.69, 9.17) is 4.74 Å². The minimum Gasteiger partial charge on any atom is -0.383 e. The molecule has 0 unspecified atom stereocenters. The van der Waals surface area contributed by atoms with Gasteiger partial charge in [0.2, 0.25) is 11.0 Å². The van der Waals surface area contributed by atoms with Crippen molar-refractivity contribution in [3.05, 3.63) is 66.2 Å². The van der Waals surface area contributed by atoms with Crippen LogP contribution in [0, 0.1) is 0 Å². The first kappa shape index (κ1) is 22.4. The molecule has 3 aromatic rings. The van der Waals surface area contributed by atoms with Crippen LogP contribution in [0.3, 0.4) is 0 Å². The van der Waals surface area contributed by atoms with E-state index in [1.165, 1.54) is 11.3 Å². The fourth-order valence-corrected chi connectivity index (χ4v) is 3.56. The molecule has 0 bridgehead atoms. The largest absolute Gasteiger partial charge is 0.383 e. The highest BCUT2D eigenvalue weighted by molar-refractivity contribution is 7.18. The number of nitrogens with one attached hydrogen (secondary N) is 2. The Morgan fingerprint density at radius 1 is 1.00 bits per heavy atom. The summed E-state index contributed by atoms with van der Waals surface area (Å²) in [6.45, 7) is 1.46. The summed E-state index contributed by atoms with van der Waals surface area (Å²) in [5, 5.41) is 15.0. The quantitative estimate of drug-likeness (QED) is 0.505. The Labute approximate surface area is 185 Å². The van der Waals surface area contributed by atoms with Gasteiger partial charge < -0.3 is 20.3 Å². The number of amides is 3. The molecule has 3 amide bonds. The Kier molecular flexibility index (Phi) is 8.50. The maximum absolute atomic E-state index is 12.6. The molecule has 0 aliphatic heterocycles. The van der Waals surface area contributed by atoms with Gasteiger partial charge >= 0.3 is 6.03 Å². The SMILES string of the molecule is COCCN(CCC(=O)Nc1nnc(-c2ccccc2)s1)C(=O)NCc1ccccc1. The third-order valence-corrected chi connectivity index (χ3v) is 5.33. The first-order valence-corrected chi connectivity index (χ1v) is 10.7. The van der Waals surface area contributed by atoms with Crippen LogP contribution in [0.5, 0.6) is 0 Å². The van der Waals surface area contributed by atoms with Gasteiger partial charge in [-0.25, -0.2) is 4.79 Å². The standard InChI is InChI=1S/C22H25N5O3S/c1-30-15-14-27(22(29)23-16-17-8-4-2-5-9-17)13-12-19(28)24-21-26-25-20(31-21)18-10-6-3-7-11-18/h2-11H,12-16H2,1H3,(H,23,29)(H,24,26,28). The summed E-state index contributed by atoms with van der Waals surface area (Å²) in [6.07, 6.45) is 0.142. The van der Waals surface area contributed by atoms with Crippen molar-refractivity contribution in [3.8, 4) is 10.6 Å². The van der Waals surface area contributed by atoms with Crippen LogP contribution in [0.25, 0.3) is 10.6 Å². The molecule has 0 spiro atoms. The average molecular weight is 440 g/mol. The van der Waals surface area contributed by atoms with Gasteiger partial charge in [-0.3, -0.25) is 4.79 Å². The predicted octanol–water partition coefficient (Wildman–Crippen LogP) is 3.39. The Bertz CT molecular complexity index is 966. The van der Waals surface area contributed by atoms with Gasteiger partial charge in [-0.05, 0) is 5.56 Å². The lowest BCUT2D eigenvalue weighted by atomic mass is 10.2. The highest BCUT2D eigenvalue weighted by Gasteiger charge is 2.16. The number of aromatic nitrogens is 2. The fourth-order valence-electron chi connectivity index (χ4n) is 2.79. The molecule has 0 fully saturated rings. The summed E-state index contributed by atoms with van der Waals surface area (Å²) in [4.78, 5) is 26.5. The maximum atomic E-state index is 12.6. The molecule has 0 aliphatic carbocycles. The van der Waals surface area contributed by atoms with Crippen LogP contribution in [0.1, 0.15) is 12.0 Å². The number of carbonyl (C=O) groups is 2. The monoisotopic (exact) mass is 439 g/mol. The molecule has 2 N–H and O–H groups in total. The third kappa shape index (κ3) is 7.16. The Morgan fingerprint density at radius 3 is 2.42 bits per heavy atom. The first-order chi connectivity index (χ1) is 15.2. The van der Waals surface area contributed by atoms with E-state index in [2.05, 4.69) is 20.8 Å². The Hall–Kier alpha value is -3.30. The number of hydrogen-bond acceptors (Lipinski definition) is 6. The summed E-state index contributed by atoms with van der Waals surface area (Å²) in [5.41, 5.74) is 1.95. The number of carbonyl (C=O) groups excluding carboxylic acids is 2. The van der Waals surface area contributed by atoms with Crippen molar-refractivity contribution in [2.45, 2.75) is 13.0 Å². The third-order valence-electron chi connectivity index (χ3n) is 4.44. The van der Waals surface area contributed by atoms with Crippen molar-refractivity contribution >= 4 is 28.4 Å². The fraction of sp³-hybridized carbons (Fsp3) is 0.273. The lowest BCUT2D eigenvalue weighted by Gasteiger charge is -2.22. The smallest absolute Gasteiger partial charge is 0.317 e. The minimum absolute atomic E-state index is 0.142. The molecule has 1 heterocycles.